The number of rotatable bonds is 5. The molecule has 0 unspecified atom stereocenters. The highest BCUT2D eigenvalue weighted by atomic mass is 16.3. The summed E-state index contributed by atoms with van der Waals surface area (Å²) in [4.78, 5) is 9.39. The molecule has 0 atom stereocenters. The molecule has 28 heavy (non-hydrogen) atoms. The largest absolute Gasteiger partial charge is 0.461 e. The number of nitrogens with zero attached hydrogens (tertiary/aromatic N) is 6. The van der Waals surface area contributed by atoms with Crippen molar-refractivity contribution in [1.29, 1.82) is 0 Å². The minimum absolute atomic E-state index is 0.537. The average Bonchev–Trinajstić information content (AvgIpc) is 3.44. The van der Waals surface area contributed by atoms with Crippen molar-refractivity contribution < 1.29 is 4.42 Å². The third-order valence-electron chi connectivity index (χ3n) is 5.66. The Labute approximate surface area is 161 Å². The Kier molecular flexibility index (Phi) is 4.23. The van der Waals surface area contributed by atoms with Gasteiger partial charge in [0.2, 0.25) is 11.8 Å². The second-order valence-corrected chi connectivity index (χ2v) is 7.63. The van der Waals surface area contributed by atoms with E-state index in [-0.39, 0.29) is 0 Å². The summed E-state index contributed by atoms with van der Waals surface area (Å²) in [6.45, 7) is 1.65. The van der Waals surface area contributed by atoms with Crippen LogP contribution < -0.4 is 11.1 Å². The normalized spacial score (nSPS) is 20.2. The van der Waals surface area contributed by atoms with E-state index in [1.165, 1.54) is 25.7 Å². The summed E-state index contributed by atoms with van der Waals surface area (Å²) in [6, 6.07) is 3.68. The van der Waals surface area contributed by atoms with Crippen molar-refractivity contribution >= 4 is 22.6 Å². The van der Waals surface area contributed by atoms with E-state index in [0.29, 0.717) is 35.0 Å². The zero-order chi connectivity index (χ0) is 19.1. The van der Waals surface area contributed by atoms with Crippen LogP contribution in [0, 0.1) is 11.8 Å². The molecule has 0 radical (unpaired) electrons. The summed E-state index contributed by atoms with van der Waals surface area (Å²) >= 11 is 0. The Hall–Kier alpha value is -2.94. The second kappa shape index (κ2) is 6.90. The molecule has 4 aromatic heterocycles. The van der Waals surface area contributed by atoms with Gasteiger partial charge in [-0.05, 0) is 56.2 Å². The van der Waals surface area contributed by atoms with Gasteiger partial charge in [0, 0.05) is 19.8 Å². The van der Waals surface area contributed by atoms with E-state index in [1.54, 1.807) is 15.5 Å². The number of furan rings is 1. The van der Waals surface area contributed by atoms with Gasteiger partial charge >= 0.3 is 0 Å². The Bertz CT molecular complexity index is 1090. The number of hydrogen-bond donors (Lipinski definition) is 2. The summed E-state index contributed by atoms with van der Waals surface area (Å²) in [5, 5.41) is 13.4. The minimum atomic E-state index is 0.537. The lowest BCUT2D eigenvalue weighted by Crippen LogP contribution is -2.25. The lowest BCUT2D eigenvalue weighted by atomic mass is 9.82. The molecule has 4 aromatic rings. The van der Waals surface area contributed by atoms with E-state index in [2.05, 4.69) is 20.5 Å². The SMILES string of the molecule is Cn1cc2c(nc(NCC3CCC(CN)CC3)n3nc(-c4ccco4)nc23)n1. The fourth-order valence-corrected chi connectivity index (χ4v) is 4.03. The molecule has 1 fully saturated rings. The van der Waals surface area contributed by atoms with Crippen molar-refractivity contribution in [2.75, 3.05) is 18.4 Å². The quantitative estimate of drug-likeness (QED) is 0.547. The van der Waals surface area contributed by atoms with E-state index in [0.717, 1.165) is 24.1 Å². The third-order valence-corrected chi connectivity index (χ3v) is 5.66. The number of nitrogens with one attached hydrogen (secondary N) is 1. The number of aryl methyl sites for hydroxylation is 1. The van der Waals surface area contributed by atoms with Crippen molar-refractivity contribution in [3.8, 4) is 11.6 Å². The minimum Gasteiger partial charge on any atom is -0.461 e. The van der Waals surface area contributed by atoms with E-state index in [1.807, 2.05) is 25.4 Å². The first-order chi connectivity index (χ1) is 13.7. The first-order valence-electron chi connectivity index (χ1n) is 9.79. The molecule has 0 aromatic carbocycles. The number of aromatic nitrogens is 6. The number of anilines is 1. The summed E-state index contributed by atoms with van der Waals surface area (Å²) in [7, 11) is 1.88. The Morgan fingerprint density at radius 2 is 2.00 bits per heavy atom. The number of hydrogen-bond acceptors (Lipinski definition) is 7. The lowest BCUT2D eigenvalue weighted by molar-refractivity contribution is 0.289. The molecule has 5 rings (SSSR count). The maximum Gasteiger partial charge on any atom is 0.228 e. The zero-order valence-corrected chi connectivity index (χ0v) is 15.9. The second-order valence-electron chi connectivity index (χ2n) is 7.63. The molecule has 1 aliphatic rings. The van der Waals surface area contributed by atoms with Gasteiger partial charge in [-0.15, -0.1) is 5.10 Å². The molecular formula is C19H24N8O. The standard InChI is InChI=1S/C19H24N8O/c1-26-11-14-16(24-26)23-19(21-10-13-6-4-12(9-20)5-7-13)27-18(14)22-17(25-27)15-3-2-8-28-15/h2-3,8,11-13H,4-7,9-10,20H2,1H3,(H,21,23,24). The molecule has 1 saturated carbocycles. The van der Waals surface area contributed by atoms with Gasteiger partial charge in [0.25, 0.3) is 0 Å². The molecule has 0 saturated heterocycles. The topological polar surface area (TPSA) is 112 Å². The molecule has 3 N–H and O–H groups in total. The van der Waals surface area contributed by atoms with Gasteiger partial charge in [-0.1, -0.05) is 0 Å². The Balaban J connectivity index is 1.48. The molecule has 0 spiro atoms. The molecule has 0 bridgehead atoms. The van der Waals surface area contributed by atoms with Gasteiger partial charge in [0.15, 0.2) is 17.1 Å². The third kappa shape index (κ3) is 3.01. The lowest BCUT2D eigenvalue weighted by Gasteiger charge is -2.27. The van der Waals surface area contributed by atoms with Crippen LogP contribution in [-0.2, 0) is 7.05 Å². The van der Waals surface area contributed by atoms with E-state index >= 15 is 0 Å². The first-order valence-corrected chi connectivity index (χ1v) is 9.79. The van der Waals surface area contributed by atoms with Gasteiger partial charge in [-0.25, -0.2) is 4.98 Å². The first kappa shape index (κ1) is 17.2. The molecule has 9 heteroatoms. The summed E-state index contributed by atoms with van der Waals surface area (Å²) in [5.41, 5.74) is 7.19. The van der Waals surface area contributed by atoms with Gasteiger partial charge < -0.3 is 15.5 Å². The Morgan fingerprint density at radius 3 is 2.75 bits per heavy atom. The van der Waals surface area contributed by atoms with Crippen LogP contribution in [0.1, 0.15) is 25.7 Å². The molecule has 146 valence electrons. The average molecular weight is 380 g/mol. The van der Waals surface area contributed by atoms with Crippen LogP contribution in [0.2, 0.25) is 0 Å². The fraction of sp³-hybridized carbons (Fsp3) is 0.474. The summed E-state index contributed by atoms with van der Waals surface area (Å²) in [5.74, 6) is 3.12. The van der Waals surface area contributed by atoms with E-state index in [9.17, 15) is 0 Å². The summed E-state index contributed by atoms with van der Waals surface area (Å²) in [6.07, 6.45) is 8.33. The predicted octanol–water partition coefficient (Wildman–Crippen LogP) is 2.45. The van der Waals surface area contributed by atoms with Crippen LogP contribution in [0.15, 0.2) is 29.0 Å². The van der Waals surface area contributed by atoms with Crippen LogP contribution >= 0.6 is 0 Å². The highest BCUT2D eigenvalue weighted by molar-refractivity contribution is 5.90. The monoisotopic (exact) mass is 380 g/mol. The smallest absolute Gasteiger partial charge is 0.228 e. The van der Waals surface area contributed by atoms with Crippen molar-refractivity contribution in [1.82, 2.24) is 29.4 Å². The van der Waals surface area contributed by atoms with Gasteiger partial charge in [0.05, 0.1) is 11.6 Å². The van der Waals surface area contributed by atoms with E-state index < -0.39 is 0 Å². The molecule has 9 nitrogen and oxygen atoms in total. The van der Waals surface area contributed by atoms with Crippen LogP contribution in [0.4, 0.5) is 5.95 Å². The van der Waals surface area contributed by atoms with Crippen LogP contribution in [0.5, 0.6) is 0 Å². The van der Waals surface area contributed by atoms with Crippen molar-refractivity contribution in [2.45, 2.75) is 25.7 Å². The maximum atomic E-state index is 5.81. The molecule has 1 aliphatic carbocycles. The van der Waals surface area contributed by atoms with Crippen LogP contribution in [0.3, 0.4) is 0 Å². The highest BCUT2D eigenvalue weighted by Crippen LogP contribution is 2.29. The zero-order valence-electron chi connectivity index (χ0n) is 15.9. The number of nitrogens with two attached hydrogens (primary N) is 1. The predicted molar refractivity (Wildman–Crippen MR) is 106 cm³/mol. The molecule has 0 aliphatic heterocycles. The van der Waals surface area contributed by atoms with Gasteiger partial charge in [-0.2, -0.15) is 14.6 Å². The van der Waals surface area contributed by atoms with Crippen molar-refractivity contribution in [3.05, 3.63) is 24.6 Å². The maximum absolute atomic E-state index is 5.81. The number of fused-ring (bicyclic) bond motifs is 3. The molecule has 0 amide bonds. The molecular weight excluding hydrogens is 356 g/mol. The van der Waals surface area contributed by atoms with Crippen molar-refractivity contribution in [2.24, 2.45) is 24.6 Å². The van der Waals surface area contributed by atoms with Gasteiger partial charge in [0.1, 0.15) is 0 Å². The highest BCUT2D eigenvalue weighted by Gasteiger charge is 2.22. The van der Waals surface area contributed by atoms with E-state index in [4.69, 9.17) is 15.1 Å². The Morgan fingerprint density at radius 1 is 1.18 bits per heavy atom. The fourth-order valence-electron chi connectivity index (χ4n) is 4.03. The van der Waals surface area contributed by atoms with Crippen LogP contribution in [-0.4, -0.2) is 42.5 Å². The summed E-state index contributed by atoms with van der Waals surface area (Å²) < 4.78 is 8.98. The van der Waals surface area contributed by atoms with Crippen molar-refractivity contribution in [3.63, 3.8) is 0 Å². The molecule has 4 heterocycles. The van der Waals surface area contributed by atoms with Gasteiger partial charge in [-0.3, -0.25) is 4.68 Å². The van der Waals surface area contributed by atoms with Crippen LogP contribution in [0.25, 0.3) is 28.3 Å².